The number of rotatable bonds is 5. The second kappa shape index (κ2) is 6.73. The molecule has 1 aliphatic rings. The minimum Gasteiger partial charge on any atom is -0.468 e. The zero-order valence-electron chi connectivity index (χ0n) is 14.9. The number of hydrogen-bond acceptors (Lipinski definition) is 7. The number of nitrogens with zero attached hydrogens (tertiary/aromatic N) is 7. The van der Waals surface area contributed by atoms with Crippen LogP contribution in [-0.2, 0) is 13.7 Å². The first-order chi connectivity index (χ1) is 13.3. The van der Waals surface area contributed by atoms with Crippen LogP contribution in [0.25, 0.3) is 16.3 Å². The summed E-state index contributed by atoms with van der Waals surface area (Å²) < 4.78 is 9.51. The van der Waals surface area contributed by atoms with Crippen LogP contribution >= 0.6 is 11.3 Å². The van der Waals surface area contributed by atoms with Crippen LogP contribution in [0, 0.1) is 0 Å². The lowest BCUT2D eigenvalue weighted by atomic mass is 9.99. The Balaban J connectivity index is 1.56. The normalized spacial score (nSPS) is 15.0. The van der Waals surface area contributed by atoms with E-state index < -0.39 is 0 Å². The molecule has 5 rings (SSSR count). The van der Waals surface area contributed by atoms with Gasteiger partial charge in [0.25, 0.3) is 0 Å². The topological polar surface area (TPSA) is 83.0 Å². The van der Waals surface area contributed by atoms with Crippen LogP contribution in [0.4, 0.5) is 0 Å². The standard InChI is InChI=1S/C18H19N7OS/c1-24-11-19-15(22-24)10-26-18-13(12-5-2-3-6-12)9-16-20-21-17(25(16)23-18)14-7-4-8-27-14/h4,7-9,11-12H,2-3,5-6,10H2,1H3. The second-order valence-corrected chi connectivity index (χ2v) is 7.73. The van der Waals surface area contributed by atoms with Gasteiger partial charge in [-0.3, -0.25) is 4.68 Å². The minimum atomic E-state index is 0.287. The van der Waals surface area contributed by atoms with Gasteiger partial charge in [-0.1, -0.05) is 18.9 Å². The van der Waals surface area contributed by atoms with Crippen molar-refractivity contribution in [1.82, 2.24) is 34.6 Å². The number of hydrogen-bond donors (Lipinski definition) is 0. The molecule has 138 valence electrons. The van der Waals surface area contributed by atoms with Crippen LogP contribution in [0.5, 0.6) is 5.88 Å². The number of fused-ring (bicyclic) bond motifs is 1. The van der Waals surface area contributed by atoms with Gasteiger partial charge in [-0.25, -0.2) is 4.98 Å². The Labute approximate surface area is 159 Å². The van der Waals surface area contributed by atoms with Crippen molar-refractivity contribution >= 4 is 17.0 Å². The molecule has 4 heterocycles. The van der Waals surface area contributed by atoms with Crippen molar-refractivity contribution in [2.45, 2.75) is 38.2 Å². The Bertz CT molecular complexity index is 1060. The van der Waals surface area contributed by atoms with Gasteiger partial charge in [0.1, 0.15) is 6.33 Å². The maximum absolute atomic E-state index is 6.08. The Morgan fingerprint density at radius 2 is 2.11 bits per heavy atom. The van der Waals surface area contributed by atoms with Crippen molar-refractivity contribution in [3.63, 3.8) is 0 Å². The van der Waals surface area contributed by atoms with Crippen LogP contribution in [-0.4, -0.2) is 34.6 Å². The van der Waals surface area contributed by atoms with E-state index in [-0.39, 0.29) is 6.61 Å². The van der Waals surface area contributed by atoms with E-state index in [1.165, 1.54) is 12.8 Å². The highest BCUT2D eigenvalue weighted by Gasteiger charge is 2.24. The summed E-state index contributed by atoms with van der Waals surface area (Å²) in [5.74, 6) is 2.45. The van der Waals surface area contributed by atoms with Crippen molar-refractivity contribution < 1.29 is 4.74 Å². The van der Waals surface area contributed by atoms with Gasteiger partial charge in [-0.15, -0.1) is 26.6 Å². The van der Waals surface area contributed by atoms with Crippen molar-refractivity contribution in [1.29, 1.82) is 0 Å². The van der Waals surface area contributed by atoms with Crippen molar-refractivity contribution in [2.24, 2.45) is 7.05 Å². The number of thiophene rings is 1. The SMILES string of the molecule is Cn1cnc(COc2nn3c(-c4cccs4)nnc3cc2C2CCCC2)n1. The average Bonchev–Trinajstić information content (AvgIpc) is 3.45. The summed E-state index contributed by atoms with van der Waals surface area (Å²) in [5, 5.41) is 19.8. The zero-order chi connectivity index (χ0) is 18.2. The van der Waals surface area contributed by atoms with Gasteiger partial charge in [0.15, 0.2) is 23.9 Å². The summed E-state index contributed by atoms with van der Waals surface area (Å²) in [6.45, 7) is 0.287. The van der Waals surface area contributed by atoms with Gasteiger partial charge in [0, 0.05) is 12.6 Å². The number of ether oxygens (including phenoxy) is 1. The third-order valence-electron chi connectivity index (χ3n) is 4.91. The maximum Gasteiger partial charge on any atom is 0.235 e. The van der Waals surface area contributed by atoms with Crippen molar-refractivity contribution in [2.75, 3.05) is 0 Å². The van der Waals surface area contributed by atoms with E-state index in [1.54, 1.807) is 26.9 Å². The molecule has 0 N–H and O–H groups in total. The van der Waals surface area contributed by atoms with Crippen LogP contribution in [0.3, 0.4) is 0 Å². The van der Waals surface area contributed by atoms with E-state index >= 15 is 0 Å². The molecule has 0 atom stereocenters. The Hall–Kier alpha value is -2.81. The molecule has 0 amide bonds. The van der Waals surface area contributed by atoms with Gasteiger partial charge < -0.3 is 4.74 Å². The van der Waals surface area contributed by atoms with Crippen LogP contribution in [0.15, 0.2) is 29.9 Å². The fourth-order valence-electron chi connectivity index (χ4n) is 3.61. The van der Waals surface area contributed by atoms with Gasteiger partial charge in [0.05, 0.1) is 4.88 Å². The lowest BCUT2D eigenvalue weighted by Gasteiger charge is -2.14. The van der Waals surface area contributed by atoms with E-state index in [0.717, 1.165) is 34.8 Å². The smallest absolute Gasteiger partial charge is 0.235 e. The molecule has 1 saturated carbocycles. The molecular formula is C18H19N7OS. The number of aryl methyl sites for hydroxylation is 1. The molecule has 0 aliphatic heterocycles. The molecule has 0 unspecified atom stereocenters. The third-order valence-corrected chi connectivity index (χ3v) is 5.77. The summed E-state index contributed by atoms with van der Waals surface area (Å²) in [7, 11) is 1.84. The second-order valence-electron chi connectivity index (χ2n) is 6.78. The molecule has 1 fully saturated rings. The van der Waals surface area contributed by atoms with Gasteiger partial charge >= 0.3 is 0 Å². The monoisotopic (exact) mass is 381 g/mol. The van der Waals surface area contributed by atoms with Gasteiger partial charge in [-0.2, -0.15) is 9.61 Å². The molecule has 9 heteroatoms. The fourth-order valence-corrected chi connectivity index (χ4v) is 4.31. The highest BCUT2D eigenvalue weighted by atomic mass is 32.1. The Kier molecular flexibility index (Phi) is 4.08. The molecule has 0 saturated heterocycles. The van der Waals surface area contributed by atoms with E-state index in [1.807, 2.05) is 24.6 Å². The van der Waals surface area contributed by atoms with Gasteiger partial charge in [-0.05, 0) is 36.3 Å². The van der Waals surface area contributed by atoms with Gasteiger partial charge in [0.2, 0.25) is 5.88 Å². The Morgan fingerprint density at radius 1 is 1.22 bits per heavy atom. The van der Waals surface area contributed by atoms with Crippen molar-refractivity contribution in [3.8, 4) is 16.6 Å². The summed E-state index contributed by atoms with van der Waals surface area (Å²) in [5.41, 5.74) is 1.87. The molecule has 4 aromatic heterocycles. The lowest BCUT2D eigenvalue weighted by Crippen LogP contribution is -2.08. The summed E-state index contributed by atoms with van der Waals surface area (Å²) in [6, 6.07) is 6.10. The number of aromatic nitrogens is 7. The fraction of sp³-hybridized carbons (Fsp3) is 0.389. The molecule has 4 aromatic rings. The molecular weight excluding hydrogens is 362 g/mol. The minimum absolute atomic E-state index is 0.287. The largest absolute Gasteiger partial charge is 0.468 e. The first-order valence-corrected chi connectivity index (χ1v) is 9.93. The molecule has 0 spiro atoms. The maximum atomic E-state index is 6.08. The van der Waals surface area contributed by atoms with E-state index in [9.17, 15) is 0 Å². The predicted molar refractivity (Wildman–Crippen MR) is 101 cm³/mol. The van der Waals surface area contributed by atoms with E-state index in [2.05, 4.69) is 26.3 Å². The van der Waals surface area contributed by atoms with Crippen LogP contribution in [0.2, 0.25) is 0 Å². The van der Waals surface area contributed by atoms with E-state index in [4.69, 9.17) is 9.84 Å². The highest BCUT2D eigenvalue weighted by Crippen LogP contribution is 2.39. The quantitative estimate of drug-likeness (QED) is 0.528. The first-order valence-electron chi connectivity index (χ1n) is 9.05. The molecule has 27 heavy (non-hydrogen) atoms. The lowest BCUT2D eigenvalue weighted by molar-refractivity contribution is 0.274. The highest BCUT2D eigenvalue weighted by molar-refractivity contribution is 7.13. The molecule has 0 aromatic carbocycles. The molecule has 1 aliphatic carbocycles. The first kappa shape index (κ1) is 16.4. The average molecular weight is 381 g/mol. The molecule has 0 radical (unpaired) electrons. The summed E-state index contributed by atoms with van der Waals surface area (Å²) >= 11 is 1.62. The summed E-state index contributed by atoms with van der Waals surface area (Å²) in [6.07, 6.45) is 6.46. The molecule has 8 nitrogen and oxygen atoms in total. The molecule has 0 bridgehead atoms. The van der Waals surface area contributed by atoms with Crippen molar-refractivity contribution in [3.05, 3.63) is 41.3 Å². The van der Waals surface area contributed by atoms with Crippen LogP contribution < -0.4 is 4.74 Å². The zero-order valence-corrected chi connectivity index (χ0v) is 15.8. The Morgan fingerprint density at radius 3 is 2.85 bits per heavy atom. The predicted octanol–water partition coefficient (Wildman–Crippen LogP) is 3.22. The third kappa shape index (κ3) is 3.08. The summed E-state index contributed by atoms with van der Waals surface area (Å²) in [4.78, 5) is 5.27. The van der Waals surface area contributed by atoms with E-state index in [0.29, 0.717) is 17.6 Å². The van der Waals surface area contributed by atoms with Crippen LogP contribution in [0.1, 0.15) is 43.0 Å².